The van der Waals surface area contributed by atoms with Crippen LogP contribution in [0.25, 0.3) is 0 Å². The van der Waals surface area contributed by atoms with Crippen LogP contribution in [-0.4, -0.2) is 65.8 Å². The standard InChI is InChI=1S/C15H26N2O4/c1-15(2)6-3-7-17(11-15)14(20)16-8-4-12(5-9-16)21-10-13(18)19/h12H,3-11H2,1-2H3,(H,18,19). The van der Waals surface area contributed by atoms with Crippen LogP contribution in [0, 0.1) is 5.41 Å². The lowest BCUT2D eigenvalue weighted by molar-refractivity contribution is -0.145. The molecule has 2 saturated heterocycles. The molecule has 0 aromatic rings. The van der Waals surface area contributed by atoms with Gasteiger partial charge in [-0.15, -0.1) is 0 Å². The number of carbonyl (C=O) groups excluding carboxylic acids is 1. The number of ether oxygens (including phenoxy) is 1. The molecule has 0 aliphatic carbocycles. The Morgan fingerprint density at radius 1 is 1.19 bits per heavy atom. The molecule has 2 fully saturated rings. The van der Waals surface area contributed by atoms with E-state index in [4.69, 9.17) is 9.84 Å². The first kappa shape index (κ1) is 16.1. The Morgan fingerprint density at radius 2 is 1.86 bits per heavy atom. The molecule has 21 heavy (non-hydrogen) atoms. The van der Waals surface area contributed by atoms with E-state index in [0.29, 0.717) is 13.1 Å². The van der Waals surface area contributed by atoms with Crippen LogP contribution in [-0.2, 0) is 9.53 Å². The minimum atomic E-state index is -0.941. The third kappa shape index (κ3) is 4.59. The molecule has 2 aliphatic rings. The molecule has 0 spiro atoms. The van der Waals surface area contributed by atoms with Gasteiger partial charge in [0.25, 0.3) is 0 Å². The summed E-state index contributed by atoms with van der Waals surface area (Å²) >= 11 is 0. The smallest absolute Gasteiger partial charge is 0.329 e. The van der Waals surface area contributed by atoms with E-state index in [1.54, 1.807) is 0 Å². The fourth-order valence-corrected chi connectivity index (χ4v) is 3.19. The maximum absolute atomic E-state index is 12.5. The quantitative estimate of drug-likeness (QED) is 0.862. The van der Waals surface area contributed by atoms with Gasteiger partial charge in [0.2, 0.25) is 0 Å². The number of piperidine rings is 2. The minimum Gasteiger partial charge on any atom is -0.480 e. The van der Waals surface area contributed by atoms with Gasteiger partial charge in [-0.3, -0.25) is 0 Å². The van der Waals surface area contributed by atoms with Crippen molar-refractivity contribution in [2.24, 2.45) is 5.41 Å². The molecular formula is C15H26N2O4. The summed E-state index contributed by atoms with van der Waals surface area (Å²) < 4.78 is 5.30. The number of likely N-dealkylation sites (tertiary alicyclic amines) is 2. The molecule has 0 bridgehead atoms. The predicted molar refractivity (Wildman–Crippen MR) is 78.2 cm³/mol. The highest BCUT2D eigenvalue weighted by Gasteiger charge is 2.32. The Kier molecular flexibility index (Phi) is 5.08. The van der Waals surface area contributed by atoms with Gasteiger partial charge in [-0.1, -0.05) is 13.8 Å². The summed E-state index contributed by atoms with van der Waals surface area (Å²) in [5.41, 5.74) is 0.205. The monoisotopic (exact) mass is 298 g/mol. The molecule has 120 valence electrons. The SMILES string of the molecule is CC1(C)CCCN(C(=O)N2CCC(OCC(=O)O)CC2)C1. The predicted octanol–water partition coefficient (Wildman–Crippen LogP) is 1.79. The Hall–Kier alpha value is -1.30. The number of carbonyl (C=O) groups is 2. The van der Waals surface area contributed by atoms with Crippen LogP contribution in [0.3, 0.4) is 0 Å². The molecule has 0 radical (unpaired) electrons. The zero-order valence-electron chi connectivity index (χ0n) is 13.0. The number of amides is 2. The fourth-order valence-electron chi connectivity index (χ4n) is 3.19. The molecule has 0 atom stereocenters. The molecule has 2 amide bonds. The maximum atomic E-state index is 12.5. The summed E-state index contributed by atoms with van der Waals surface area (Å²) in [5, 5.41) is 8.61. The molecule has 0 saturated carbocycles. The summed E-state index contributed by atoms with van der Waals surface area (Å²) in [6.07, 6.45) is 3.63. The van der Waals surface area contributed by atoms with Crippen molar-refractivity contribution in [2.75, 3.05) is 32.8 Å². The number of rotatable bonds is 3. The summed E-state index contributed by atoms with van der Waals surface area (Å²) in [6.45, 7) is 7.13. The molecule has 2 rings (SSSR count). The van der Waals surface area contributed by atoms with Crippen LogP contribution >= 0.6 is 0 Å². The summed E-state index contributed by atoms with van der Waals surface area (Å²) in [7, 11) is 0. The van der Waals surface area contributed by atoms with Crippen molar-refractivity contribution < 1.29 is 19.4 Å². The van der Waals surface area contributed by atoms with E-state index in [-0.39, 0.29) is 24.2 Å². The molecule has 0 aromatic heterocycles. The van der Waals surface area contributed by atoms with Gasteiger partial charge in [0.15, 0.2) is 0 Å². The Balaban J connectivity index is 1.79. The first-order valence-corrected chi connectivity index (χ1v) is 7.75. The van der Waals surface area contributed by atoms with Gasteiger partial charge in [-0.25, -0.2) is 9.59 Å². The second-order valence-corrected chi connectivity index (χ2v) is 6.86. The van der Waals surface area contributed by atoms with Crippen molar-refractivity contribution in [3.8, 4) is 0 Å². The summed E-state index contributed by atoms with van der Waals surface area (Å²) in [5.74, 6) is -0.941. The maximum Gasteiger partial charge on any atom is 0.329 e. The first-order chi connectivity index (χ1) is 9.87. The third-order valence-corrected chi connectivity index (χ3v) is 4.33. The summed E-state index contributed by atoms with van der Waals surface area (Å²) in [4.78, 5) is 26.9. The number of hydrogen-bond donors (Lipinski definition) is 1. The van der Waals surface area contributed by atoms with Crippen molar-refractivity contribution >= 4 is 12.0 Å². The van der Waals surface area contributed by atoms with Gasteiger partial charge < -0.3 is 19.6 Å². The minimum absolute atomic E-state index is 0.0389. The number of aliphatic carboxylic acids is 1. The molecule has 6 heteroatoms. The van der Waals surface area contributed by atoms with Crippen LogP contribution in [0.15, 0.2) is 0 Å². The Labute approximate surface area is 126 Å². The lowest BCUT2D eigenvalue weighted by Crippen LogP contribution is -2.52. The van der Waals surface area contributed by atoms with E-state index in [0.717, 1.165) is 32.4 Å². The highest BCUT2D eigenvalue weighted by atomic mass is 16.5. The van der Waals surface area contributed by atoms with E-state index in [2.05, 4.69) is 13.8 Å². The largest absolute Gasteiger partial charge is 0.480 e. The second kappa shape index (κ2) is 6.64. The van der Waals surface area contributed by atoms with Crippen LogP contribution in [0.2, 0.25) is 0 Å². The molecule has 0 unspecified atom stereocenters. The average molecular weight is 298 g/mol. The van der Waals surface area contributed by atoms with Crippen molar-refractivity contribution in [1.29, 1.82) is 0 Å². The normalized spacial score (nSPS) is 23.1. The number of hydrogen-bond acceptors (Lipinski definition) is 3. The Morgan fingerprint density at radius 3 is 2.43 bits per heavy atom. The van der Waals surface area contributed by atoms with Crippen LogP contribution in [0.1, 0.15) is 39.5 Å². The molecule has 0 aromatic carbocycles. The van der Waals surface area contributed by atoms with Crippen molar-refractivity contribution in [2.45, 2.75) is 45.6 Å². The van der Waals surface area contributed by atoms with E-state index in [1.165, 1.54) is 6.42 Å². The van der Waals surface area contributed by atoms with Gasteiger partial charge >= 0.3 is 12.0 Å². The topological polar surface area (TPSA) is 70.1 Å². The van der Waals surface area contributed by atoms with Gasteiger partial charge in [0.05, 0.1) is 6.10 Å². The van der Waals surface area contributed by atoms with E-state index in [9.17, 15) is 9.59 Å². The van der Waals surface area contributed by atoms with Gasteiger partial charge in [-0.2, -0.15) is 0 Å². The lowest BCUT2D eigenvalue weighted by atomic mass is 9.84. The van der Waals surface area contributed by atoms with Crippen molar-refractivity contribution in [3.05, 3.63) is 0 Å². The van der Waals surface area contributed by atoms with Crippen LogP contribution < -0.4 is 0 Å². The van der Waals surface area contributed by atoms with Crippen molar-refractivity contribution in [3.63, 3.8) is 0 Å². The van der Waals surface area contributed by atoms with Gasteiger partial charge in [-0.05, 0) is 31.1 Å². The zero-order chi connectivity index (χ0) is 15.5. The number of nitrogens with zero attached hydrogens (tertiary/aromatic N) is 2. The van der Waals surface area contributed by atoms with Crippen LogP contribution in [0.5, 0.6) is 0 Å². The molecule has 2 aliphatic heterocycles. The number of urea groups is 1. The zero-order valence-corrected chi connectivity index (χ0v) is 13.0. The van der Waals surface area contributed by atoms with E-state index in [1.807, 2.05) is 9.80 Å². The van der Waals surface area contributed by atoms with Crippen LogP contribution in [0.4, 0.5) is 4.79 Å². The van der Waals surface area contributed by atoms with Gasteiger partial charge in [0.1, 0.15) is 6.61 Å². The Bertz CT molecular complexity index is 389. The lowest BCUT2D eigenvalue weighted by Gasteiger charge is -2.41. The van der Waals surface area contributed by atoms with Crippen molar-refractivity contribution in [1.82, 2.24) is 9.80 Å². The molecular weight excluding hydrogens is 272 g/mol. The highest BCUT2D eigenvalue weighted by molar-refractivity contribution is 5.74. The fraction of sp³-hybridized carbons (Fsp3) is 0.867. The van der Waals surface area contributed by atoms with Gasteiger partial charge in [0, 0.05) is 26.2 Å². The average Bonchev–Trinajstić information content (AvgIpc) is 2.44. The summed E-state index contributed by atoms with van der Waals surface area (Å²) in [6, 6.07) is 0.124. The molecule has 6 nitrogen and oxygen atoms in total. The third-order valence-electron chi connectivity index (χ3n) is 4.33. The highest BCUT2D eigenvalue weighted by Crippen LogP contribution is 2.29. The molecule has 1 N–H and O–H groups in total. The second-order valence-electron chi connectivity index (χ2n) is 6.86. The molecule has 2 heterocycles. The van der Waals surface area contributed by atoms with E-state index >= 15 is 0 Å². The van der Waals surface area contributed by atoms with E-state index < -0.39 is 5.97 Å². The number of carboxylic acid groups (broad SMARTS) is 1. The first-order valence-electron chi connectivity index (χ1n) is 7.75. The number of carboxylic acids is 1.